The average Bonchev–Trinajstić information content (AvgIpc) is 3.11. The highest BCUT2D eigenvalue weighted by Crippen LogP contribution is 2.40. The molecule has 0 bridgehead atoms. The third-order valence-corrected chi connectivity index (χ3v) is 5.48. The predicted octanol–water partition coefficient (Wildman–Crippen LogP) is 5.39. The van der Waals surface area contributed by atoms with Crippen LogP contribution >= 0.6 is 11.3 Å². The van der Waals surface area contributed by atoms with Crippen molar-refractivity contribution in [1.29, 1.82) is 0 Å². The van der Waals surface area contributed by atoms with Crippen LogP contribution in [0.15, 0.2) is 30.5 Å². The molecule has 0 aliphatic carbocycles. The minimum Gasteiger partial charge on any atom is -0.497 e. The fourth-order valence-corrected chi connectivity index (χ4v) is 4.19. The van der Waals surface area contributed by atoms with Gasteiger partial charge in [0, 0.05) is 12.7 Å². The lowest BCUT2D eigenvalue weighted by atomic mass is 10.1. The van der Waals surface area contributed by atoms with Crippen molar-refractivity contribution in [3.63, 3.8) is 0 Å². The fraction of sp³-hybridized carbons (Fsp3) is 0.250. The number of thiazole rings is 1. The molecular formula is C20H16F3N3O2S. The van der Waals surface area contributed by atoms with Crippen molar-refractivity contribution < 1.29 is 22.6 Å². The molecule has 5 nitrogen and oxygen atoms in total. The van der Waals surface area contributed by atoms with Gasteiger partial charge in [-0.2, -0.15) is 13.2 Å². The Morgan fingerprint density at radius 1 is 1.03 bits per heavy atom. The number of aromatic nitrogens is 3. The van der Waals surface area contributed by atoms with Gasteiger partial charge in [0.1, 0.15) is 10.8 Å². The molecule has 4 aromatic rings. The molecule has 2 aromatic heterocycles. The number of hydrogen-bond donors (Lipinski definition) is 0. The number of benzene rings is 2. The van der Waals surface area contributed by atoms with Crippen LogP contribution in [0.25, 0.3) is 31.8 Å². The first-order valence-corrected chi connectivity index (χ1v) is 9.43. The molecule has 0 spiro atoms. The molecule has 2 heterocycles. The first-order valence-electron chi connectivity index (χ1n) is 8.61. The lowest BCUT2D eigenvalue weighted by molar-refractivity contribution is -0.137. The minimum absolute atomic E-state index is 0.151. The molecule has 29 heavy (non-hydrogen) atoms. The second-order valence-corrected chi connectivity index (χ2v) is 7.52. The highest BCUT2D eigenvalue weighted by Gasteiger charge is 2.32. The van der Waals surface area contributed by atoms with Crippen molar-refractivity contribution in [3.8, 4) is 16.3 Å². The molecule has 2 aromatic carbocycles. The quantitative estimate of drug-likeness (QED) is 0.444. The number of alkyl halides is 3. The third kappa shape index (κ3) is 3.63. The van der Waals surface area contributed by atoms with Crippen molar-refractivity contribution in [2.24, 2.45) is 0 Å². The van der Waals surface area contributed by atoms with Crippen molar-refractivity contribution in [2.45, 2.75) is 19.7 Å². The molecule has 0 radical (unpaired) electrons. The van der Waals surface area contributed by atoms with Gasteiger partial charge in [0.25, 0.3) is 0 Å². The zero-order chi connectivity index (χ0) is 20.8. The normalized spacial score (nSPS) is 12.1. The fourth-order valence-electron chi connectivity index (χ4n) is 3.10. The summed E-state index contributed by atoms with van der Waals surface area (Å²) in [5, 5.41) is 0.446. The summed E-state index contributed by atoms with van der Waals surface area (Å²) in [5.74, 6) is 0.670. The zero-order valence-electron chi connectivity index (χ0n) is 15.8. The highest BCUT2D eigenvalue weighted by atomic mass is 32.1. The van der Waals surface area contributed by atoms with Crippen LogP contribution in [0.5, 0.6) is 5.75 Å². The topological polar surface area (TPSA) is 57.1 Å². The Morgan fingerprint density at radius 3 is 2.52 bits per heavy atom. The highest BCUT2D eigenvalue weighted by molar-refractivity contribution is 7.21. The molecule has 0 aliphatic rings. The summed E-state index contributed by atoms with van der Waals surface area (Å²) >= 11 is 1.29. The summed E-state index contributed by atoms with van der Waals surface area (Å²) in [6.07, 6.45) is -3.01. The van der Waals surface area contributed by atoms with E-state index in [2.05, 4.69) is 15.0 Å². The number of methoxy groups -OCH3 is 2. The van der Waals surface area contributed by atoms with E-state index in [-0.39, 0.29) is 12.1 Å². The Bertz CT molecular complexity index is 1220. The van der Waals surface area contributed by atoms with E-state index in [9.17, 15) is 13.2 Å². The number of nitrogens with zero attached hydrogens (tertiary/aromatic N) is 3. The van der Waals surface area contributed by atoms with E-state index >= 15 is 0 Å². The lowest BCUT2D eigenvalue weighted by Gasteiger charge is -2.11. The first-order chi connectivity index (χ1) is 13.8. The van der Waals surface area contributed by atoms with E-state index in [4.69, 9.17) is 9.47 Å². The second kappa shape index (κ2) is 7.23. The molecule has 0 saturated carbocycles. The van der Waals surface area contributed by atoms with E-state index in [1.54, 1.807) is 7.11 Å². The molecular weight excluding hydrogens is 403 g/mol. The Hall–Kier alpha value is -2.78. The summed E-state index contributed by atoms with van der Waals surface area (Å²) in [7, 11) is 3.05. The van der Waals surface area contributed by atoms with Gasteiger partial charge in [0.15, 0.2) is 0 Å². The van der Waals surface area contributed by atoms with Crippen LogP contribution in [0.4, 0.5) is 13.2 Å². The van der Waals surface area contributed by atoms with Crippen molar-refractivity contribution in [1.82, 2.24) is 15.0 Å². The Labute approximate surface area is 168 Å². The van der Waals surface area contributed by atoms with Gasteiger partial charge >= 0.3 is 6.18 Å². The maximum absolute atomic E-state index is 13.5. The van der Waals surface area contributed by atoms with Crippen molar-refractivity contribution in [2.75, 3.05) is 14.2 Å². The zero-order valence-corrected chi connectivity index (χ0v) is 16.6. The minimum atomic E-state index is -4.52. The van der Waals surface area contributed by atoms with Gasteiger partial charge in [0.05, 0.1) is 52.4 Å². The number of aryl methyl sites for hydroxylation is 1. The number of fused-ring (bicyclic) bond motifs is 2. The largest absolute Gasteiger partial charge is 0.497 e. The number of halogens is 3. The smallest absolute Gasteiger partial charge is 0.416 e. The van der Waals surface area contributed by atoms with Gasteiger partial charge in [-0.25, -0.2) is 9.97 Å². The predicted molar refractivity (Wildman–Crippen MR) is 105 cm³/mol. The second-order valence-electron chi connectivity index (χ2n) is 6.49. The molecule has 9 heteroatoms. The SMILES string of the molecule is COCc1cnc2c(-c3nc4c(C)cc(OC)cc4s3)cc(C(F)(F)F)cc2n1. The number of hydrogen-bond acceptors (Lipinski definition) is 6. The van der Waals surface area contributed by atoms with Crippen LogP contribution in [-0.2, 0) is 17.5 Å². The summed E-state index contributed by atoms with van der Waals surface area (Å²) in [4.78, 5) is 13.2. The van der Waals surface area contributed by atoms with Crippen molar-refractivity contribution >= 4 is 32.6 Å². The van der Waals surface area contributed by atoms with E-state index in [1.165, 1.54) is 24.6 Å². The number of rotatable bonds is 4. The first kappa shape index (κ1) is 19.5. The Balaban J connectivity index is 1.98. The van der Waals surface area contributed by atoms with Crippen molar-refractivity contribution in [3.05, 3.63) is 47.3 Å². The van der Waals surface area contributed by atoms with Crippen LogP contribution in [-0.4, -0.2) is 29.2 Å². The Morgan fingerprint density at radius 2 is 1.83 bits per heavy atom. The van der Waals surface area contributed by atoms with E-state index in [1.807, 2.05) is 19.1 Å². The Kier molecular flexibility index (Phi) is 4.87. The van der Waals surface area contributed by atoms with E-state index < -0.39 is 11.7 Å². The molecule has 4 rings (SSSR count). The van der Waals surface area contributed by atoms with Gasteiger partial charge in [0.2, 0.25) is 0 Å². The van der Waals surface area contributed by atoms with E-state index in [0.717, 1.165) is 27.9 Å². The summed E-state index contributed by atoms with van der Waals surface area (Å²) < 4.78 is 51.7. The molecule has 0 N–H and O–H groups in total. The van der Waals surface area contributed by atoms with Gasteiger partial charge in [-0.05, 0) is 36.8 Å². The standard InChI is InChI=1S/C20H16F3N3O2S/c1-10-4-13(28-3)7-16-17(10)26-19(29-16)14-5-11(20(21,22)23)6-15-18(14)24-8-12(25-15)9-27-2/h4-8H,9H2,1-3H3. The molecule has 0 fully saturated rings. The lowest BCUT2D eigenvalue weighted by Crippen LogP contribution is -2.06. The molecule has 0 amide bonds. The third-order valence-electron chi connectivity index (χ3n) is 4.44. The molecule has 0 atom stereocenters. The molecule has 0 unspecified atom stereocenters. The summed E-state index contributed by atoms with van der Waals surface area (Å²) in [6, 6.07) is 5.75. The van der Waals surface area contributed by atoms with Gasteiger partial charge < -0.3 is 9.47 Å². The maximum Gasteiger partial charge on any atom is 0.416 e. The summed E-state index contributed by atoms with van der Waals surface area (Å²) in [5.41, 5.74) is 2.07. The molecule has 0 aliphatic heterocycles. The van der Waals surface area contributed by atoms with Crippen LogP contribution in [0.3, 0.4) is 0 Å². The van der Waals surface area contributed by atoms with Crippen LogP contribution in [0.1, 0.15) is 16.8 Å². The van der Waals surface area contributed by atoms with Crippen LogP contribution in [0.2, 0.25) is 0 Å². The average molecular weight is 419 g/mol. The van der Waals surface area contributed by atoms with E-state index in [0.29, 0.717) is 27.5 Å². The molecule has 150 valence electrons. The van der Waals surface area contributed by atoms with Crippen LogP contribution < -0.4 is 4.74 Å². The van der Waals surface area contributed by atoms with Gasteiger partial charge in [-0.3, -0.25) is 4.98 Å². The van der Waals surface area contributed by atoms with Crippen LogP contribution in [0, 0.1) is 6.92 Å². The van der Waals surface area contributed by atoms with Gasteiger partial charge in [-0.1, -0.05) is 0 Å². The maximum atomic E-state index is 13.5. The summed E-state index contributed by atoms with van der Waals surface area (Å²) in [6.45, 7) is 2.05. The van der Waals surface area contributed by atoms with Gasteiger partial charge in [-0.15, -0.1) is 11.3 Å². The molecule has 0 saturated heterocycles. The number of ether oxygens (including phenoxy) is 2. The monoisotopic (exact) mass is 419 g/mol.